The van der Waals surface area contributed by atoms with E-state index < -0.39 is 35.3 Å². The number of fused-ring (bicyclic) bond motifs is 1. The molecule has 2 heterocycles. The van der Waals surface area contributed by atoms with Crippen LogP contribution in [0.3, 0.4) is 0 Å². The molecule has 5 rings (SSSR count). The van der Waals surface area contributed by atoms with E-state index in [1.54, 1.807) is 72.8 Å². The van der Waals surface area contributed by atoms with Gasteiger partial charge in [-0.15, -0.1) is 0 Å². The Kier molecular flexibility index (Phi) is 6.55. The van der Waals surface area contributed by atoms with Gasteiger partial charge in [0, 0.05) is 15.1 Å². The van der Waals surface area contributed by atoms with Gasteiger partial charge in [-0.25, -0.2) is 0 Å². The number of carbonyl (C=O) groups is 3. The van der Waals surface area contributed by atoms with Crippen molar-refractivity contribution in [3.63, 3.8) is 0 Å². The zero-order chi connectivity index (χ0) is 25.6. The van der Waals surface area contributed by atoms with Crippen LogP contribution in [-0.4, -0.2) is 35.8 Å². The van der Waals surface area contributed by atoms with Crippen molar-refractivity contribution in [2.75, 3.05) is 7.11 Å². The molecular weight excluding hydrogens is 523 g/mol. The summed E-state index contributed by atoms with van der Waals surface area (Å²) in [7, 11) is 1.26. The third-order valence-electron chi connectivity index (χ3n) is 6.96. The van der Waals surface area contributed by atoms with E-state index in [2.05, 4.69) is 5.32 Å². The van der Waals surface area contributed by atoms with E-state index in [1.807, 2.05) is 0 Å². The van der Waals surface area contributed by atoms with Crippen LogP contribution in [0.1, 0.15) is 16.7 Å². The van der Waals surface area contributed by atoms with Crippen LogP contribution in [0.2, 0.25) is 15.1 Å². The fourth-order valence-electron chi connectivity index (χ4n) is 5.35. The molecule has 0 aliphatic carbocycles. The van der Waals surface area contributed by atoms with E-state index in [4.69, 9.17) is 39.5 Å². The van der Waals surface area contributed by atoms with Gasteiger partial charge in [-0.2, -0.15) is 0 Å². The van der Waals surface area contributed by atoms with E-state index in [0.29, 0.717) is 26.2 Å². The average Bonchev–Trinajstić information content (AvgIpc) is 3.36. The Morgan fingerprint density at radius 1 is 0.833 bits per heavy atom. The first-order chi connectivity index (χ1) is 17.3. The highest BCUT2D eigenvalue weighted by Crippen LogP contribution is 2.52. The Balaban J connectivity index is 1.68. The second-order valence-electron chi connectivity index (χ2n) is 8.86. The number of nitrogens with one attached hydrogen (secondary N) is 1. The van der Waals surface area contributed by atoms with Gasteiger partial charge in [0.2, 0.25) is 11.8 Å². The SMILES string of the molecule is COC(=O)[C@@H]1NC(c2ccc(Cl)cc2)(c2ccc(Cl)cc2)[C@H]2C(=O)N(Cc3ccc(Cl)cc3)C(=O)[C@H]12. The number of nitrogens with zero attached hydrogens (tertiary/aromatic N) is 1. The Labute approximate surface area is 223 Å². The third-order valence-corrected chi connectivity index (χ3v) is 7.72. The van der Waals surface area contributed by atoms with E-state index in [1.165, 1.54) is 12.0 Å². The first-order valence-corrected chi connectivity index (χ1v) is 12.4. The Bertz CT molecular complexity index is 1280. The molecule has 2 aliphatic rings. The van der Waals surface area contributed by atoms with E-state index in [0.717, 1.165) is 5.56 Å². The Hall–Kier alpha value is -2.90. The lowest BCUT2D eigenvalue weighted by atomic mass is 9.72. The van der Waals surface area contributed by atoms with Crippen LogP contribution >= 0.6 is 34.8 Å². The van der Waals surface area contributed by atoms with Crippen LogP contribution in [-0.2, 0) is 31.2 Å². The van der Waals surface area contributed by atoms with Crippen molar-refractivity contribution in [2.45, 2.75) is 18.1 Å². The molecule has 2 aliphatic heterocycles. The lowest BCUT2D eigenvalue weighted by Gasteiger charge is -2.36. The van der Waals surface area contributed by atoms with Gasteiger partial charge < -0.3 is 4.74 Å². The van der Waals surface area contributed by atoms with Gasteiger partial charge in [-0.1, -0.05) is 71.2 Å². The summed E-state index contributed by atoms with van der Waals surface area (Å²) in [5.41, 5.74) is 0.905. The van der Waals surface area contributed by atoms with Crippen molar-refractivity contribution in [3.05, 3.63) is 105 Å². The van der Waals surface area contributed by atoms with E-state index in [-0.39, 0.29) is 12.5 Å². The number of amides is 2. The minimum Gasteiger partial charge on any atom is -0.468 e. The van der Waals surface area contributed by atoms with Crippen molar-refractivity contribution in [3.8, 4) is 0 Å². The largest absolute Gasteiger partial charge is 0.468 e. The second kappa shape index (κ2) is 9.52. The molecule has 0 unspecified atom stereocenters. The zero-order valence-corrected chi connectivity index (χ0v) is 21.3. The van der Waals surface area contributed by atoms with Crippen LogP contribution in [0.5, 0.6) is 0 Å². The number of halogens is 3. The van der Waals surface area contributed by atoms with Crippen molar-refractivity contribution in [1.82, 2.24) is 10.2 Å². The van der Waals surface area contributed by atoms with Crippen molar-refractivity contribution >= 4 is 52.6 Å². The van der Waals surface area contributed by atoms with Gasteiger partial charge >= 0.3 is 5.97 Å². The summed E-state index contributed by atoms with van der Waals surface area (Å²) < 4.78 is 5.06. The molecule has 3 atom stereocenters. The highest BCUT2D eigenvalue weighted by Gasteiger charge is 2.68. The lowest BCUT2D eigenvalue weighted by molar-refractivity contribution is -0.148. The molecule has 6 nitrogen and oxygen atoms in total. The molecular formula is C27H21Cl3N2O4. The standard InChI is InChI=1S/C27H21Cl3N2O4/c1-36-26(35)23-21-22(25(34)32(24(21)33)14-15-2-8-18(28)9-3-15)27(31-23,16-4-10-19(29)11-5-16)17-6-12-20(30)13-7-17/h2-13,21-23,31H,14H2,1H3/t21-,22+,23+/m0/s1. The van der Waals surface area contributed by atoms with Crippen LogP contribution in [0.4, 0.5) is 0 Å². The van der Waals surface area contributed by atoms with Crippen molar-refractivity contribution < 1.29 is 19.1 Å². The molecule has 0 spiro atoms. The van der Waals surface area contributed by atoms with Gasteiger partial charge in [0.15, 0.2) is 0 Å². The normalized spacial score (nSPS) is 22.6. The Morgan fingerprint density at radius 2 is 1.31 bits per heavy atom. The number of ether oxygens (including phenoxy) is 1. The van der Waals surface area contributed by atoms with Crippen LogP contribution < -0.4 is 5.32 Å². The van der Waals surface area contributed by atoms with Crippen LogP contribution in [0.15, 0.2) is 72.8 Å². The smallest absolute Gasteiger partial charge is 0.323 e. The highest BCUT2D eigenvalue weighted by atomic mass is 35.5. The van der Waals surface area contributed by atoms with Crippen molar-refractivity contribution in [1.29, 1.82) is 0 Å². The first-order valence-electron chi connectivity index (χ1n) is 11.2. The summed E-state index contributed by atoms with van der Waals surface area (Å²) in [6, 6.07) is 19.9. The number of hydrogen-bond donors (Lipinski definition) is 1. The molecule has 0 radical (unpaired) electrons. The summed E-state index contributed by atoms with van der Waals surface area (Å²) in [4.78, 5) is 42.0. The molecule has 0 bridgehead atoms. The van der Waals surface area contributed by atoms with Crippen molar-refractivity contribution in [2.24, 2.45) is 11.8 Å². The molecule has 0 saturated carbocycles. The number of benzene rings is 3. The lowest BCUT2D eigenvalue weighted by Crippen LogP contribution is -2.51. The molecule has 184 valence electrons. The van der Waals surface area contributed by atoms with E-state index >= 15 is 0 Å². The fourth-order valence-corrected chi connectivity index (χ4v) is 5.72. The first kappa shape index (κ1) is 24.8. The van der Waals surface area contributed by atoms with Crippen LogP contribution in [0.25, 0.3) is 0 Å². The molecule has 2 amide bonds. The number of hydrogen-bond acceptors (Lipinski definition) is 5. The minimum atomic E-state index is -1.21. The number of esters is 1. The summed E-state index contributed by atoms with van der Waals surface area (Å²) in [5.74, 6) is -3.33. The molecule has 3 aromatic rings. The number of rotatable bonds is 5. The summed E-state index contributed by atoms with van der Waals surface area (Å²) in [6.07, 6.45) is 0. The summed E-state index contributed by atoms with van der Waals surface area (Å²) in [5, 5.41) is 4.92. The number of methoxy groups -OCH3 is 1. The number of carbonyl (C=O) groups excluding carboxylic acids is 3. The van der Waals surface area contributed by atoms with Gasteiger partial charge in [-0.3, -0.25) is 24.6 Å². The second-order valence-corrected chi connectivity index (χ2v) is 10.2. The molecule has 0 aromatic heterocycles. The molecule has 3 aromatic carbocycles. The topological polar surface area (TPSA) is 75.7 Å². The fraction of sp³-hybridized carbons (Fsp3) is 0.222. The van der Waals surface area contributed by atoms with Gasteiger partial charge in [0.25, 0.3) is 0 Å². The molecule has 2 saturated heterocycles. The zero-order valence-electron chi connectivity index (χ0n) is 19.1. The van der Waals surface area contributed by atoms with Gasteiger partial charge in [-0.05, 0) is 53.1 Å². The maximum absolute atomic E-state index is 14.1. The minimum absolute atomic E-state index is 0.0625. The summed E-state index contributed by atoms with van der Waals surface area (Å²) in [6.45, 7) is 0.0625. The predicted octanol–water partition coefficient (Wildman–Crippen LogP) is 4.84. The maximum atomic E-state index is 14.1. The average molecular weight is 544 g/mol. The molecule has 36 heavy (non-hydrogen) atoms. The molecule has 9 heteroatoms. The number of imide groups is 1. The van der Waals surface area contributed by atoms with Crippen LogP contribution in [0, 0.1) is 11.8 Å². The molecule has 2 fully saturated rings. The predicted molar refractivity (Wildman–Crippen MR) is 137 cm³/mol. The Morgan fingerprint density at radius 3 is 1.78 bits per heavy atom. The monoisotopic (exact) mass is 542 g/mol. The molecule has 1 N–H and O–H groups in total. The van der Waals surface area contributed by atoms with Gasteiger partial charge in [0.1, 0.15) is 6.04 Å². The third kappa shape index (κ3) is 3.98. The van der Waals surface area contributed by atoms with E-state index in [9.17, 15) is 14.4 Å². The summed E-state index contributed by atoms with van der Waals surface area (Å²) >= 11 is 18.3. The number of likely N-dealkylation sites (tertiary alicyclic amines) is 1. The quantitative estimate of drug-likeness (QED) is 0.368. The van der Waals surface area contributed by atoms with Gasteiger partial charge in [0.05, 0.1) is 31.0 Å². The highest BCUT2D eigenvalue weighted by molar-refractivity contribution is 6.31. The maximum Gasteiger partial charge on any atom is 0.323 e.